The van der Waals surface area contributed by atoms with Crippen LogP contribution in [0.2, 0.25) is 10.0 Å². The molecule has 3 rings (SSSR count). The molecule has 2 aromatic carbocycles. The third kappa shape index (κ3) is 6.36. The van der Waals surface area contributed by atoms with Gasteiger partial charge in [-0.1, -0.05) is 36.5 Å². The maximum absolute atomic E-state index is 13.7. The van der Waals surface area contributed by atoms with Crippen LogP contribution in [0.3, 0.4) is 0 Å². The molecule has 10 heteroatoms. The standard InChI is InChI=1S/C24H32Cl2N2O5S/c1-2-3-9-27(10-6-13-29)22-14-18(17-30)15-23(34(31,32)28-11-4-5-12-28)24(22)33-19-7-8-20(25)21(26)16-19/h7-8,14-16,29-30H,2-6,9-13,17H2,1H3. The molecule has 0 aliphatic carbocycles. The van der Waals surface area contributed by atoms with E-state index >= 15 is 0 Å². The first-order valence-electron chi connectivity index (χ1n) is 11.6. The van der Waals surface area contributed by atoms with Crippen LogP contribution in [0.5, 0.6) is 11.5 Å². The highest BCUT2D eigenvalue weighted by molar-refractivity contribution is 7.89. The quantitative estimate of drug-likeness (QED) is 0.399. The molecule has 0 saturated carbocycles. The van der Waals surface area contributed by atoms with E-state index in [0.717, 1.165) is 25.7 Å². The van der Waals surface area contributed by atoms with Gasteiger partial charge in [0.25, 0.3) is 0 Å². The van der Waals surface area contributed by atoms with Crippen LogP contribution in [0.15, 0.2) is 35.2 Å². The Bertz CT molecular complexity index is 1070. The van der Waals surface area contributed by atoms with Crippen molar-refractivity contribution in [3.05, 3.63) is 45.9 Å². The van der Waals surface area contributed by atoms with Gasteiger partial charge in [-0.25, -0.2) is 8.42 Å². The number of benzene rings is 2. The van der Waals surface area contributed by atoms with Crippen LogP contribution < -0.4 is 9.64 Å². The number of hydrogen-bond acceptors (Lipinski definition) is 6. The predicted molar refractivity (Wildman–Crippen MR) is 136 cm³/mol. The minimum atomic E-state index is -3.88. The Morgan fingerprint density at radius 1 is 1.03 bits per heavy atom. The lowest BCUT2D eigenvalue weighted by molar-refractivity contribution is 0.281. The fraction of sp³-hybridized carbons (Fsp3) is 0.500. The summed E-state index contributed by atoms with van der Waals surface area (Å²) in [6.45, 7) is 3.80. The van der Waals surface area contributed by atoms with E-state index < -0.39 is 10.0 Å². The molecule has 188 valence electrons. The molecule has 1 aliphatic heterocycles. The van der Waals surface area contributed by atoms with Gasteiger partial charge < -0.3 is 19.8 Å². The zero-order valence-electron chi connectivity index (χ0n) is 19.3. The van der Waals surface area contributed by atoms with Crippen LogP contribution in [0.1, 0.15) is 44.6 Å². The number of rotatable bonds is 12. The van der Waals surface area contributed by atoms with Crippen molar-refractivity contribution in [1.82, 2.24) is 4.31 Å². The highest BCUT2D eigenvalue weighted by Crippen LogP contribution is 2.42. The minimum Gasteiger partial charge on any atom is -0.454 e. The number of hydrogen-bond donors (Lipinski definition) is 2. The molecular weight excluding hydrogens is 499 g/mol. The Hall–Kier alpha value is -1.55. The Kier molecular flexibility index (Phi) is 9.88. The molecule has 0 amide bonds. The lowest BCUT2D eigenvalue weighted by atomic mass is 10.1. The predicted octanol–water partition coefficient (Wildman–Crippen LogP) is 5.05. The van der Waals surface area contributed by atoms with Crippen LogP contribution >= 0.6 is 23.2 Å². The van der Waals surface area contributed by atoms with E-state index in [0.29, 0.717) is 59.6 Å². The van der Waals surface area contributed by atoms with Gasteiger partial charge in [-0.2, -0.15) is 4.31 Å². The van der Waals surface area contributed by atoms with Crippen molar-refractivity contribution in [3.8, 4) is 11.5 Å². The number of halogens is 2. The normalized spacial score (nSPS) is 14.5. The van der Waals surface area contributed by atoms with Crippen molar-refractivity contribution < 1.29 is 23.4 Å². The fourth-order valence-electron chi connectivity index (χ4n) is 3.95. The number of anilines is 1. The maximum Gasteiger partial charge on any atom is 0.246 e. The summed E-state index contributed by atoms with van der Waals surface area (Å²) in [4.78, 5) is 2.02. The zero-order chi connectivity index (χ0) is 24.7. The maximum atomic E-state index is 13.7. The molecule has 2 N–H and O–H groups in total. The van der Waals surface area contributed by atoms with Gasteiger partial charge >= 0.3 is 0 Å². The molecule has 0 bridgehead atoms. The van der Waals surface area contributed by atoms with Crippen molar-refractivity contribution in [2.75, 3.05) is 37.7 Å². The summed E-state index contributed by atoms with van der Waals surface area (Å²) in [7, 11) is -3.88. The Morgan fingerprint density at radius 3 is 2.35 bits per heavy atom. The van der Waals surface area contributed by atoms with Gasteiger partial charge in [-0.3, -0.25) is 0 Å². The van der Waals surface area contributed by atoms with Gasteiger partial charge in [0.05, 0.1) is 22.3 Å². The second-order valence-electron chi connectivity index (χ2n) is 8.31. The Labute approximate surface area is 211 Å². The first-order chi connectivity index (χ1) is 16.3. The number of ether oxygens (including phenoxy) is 1. The molecule has 7 nitrogen and oxygen atoms in total. The molecule has 1 heterocycles. The van der Waals surface area contributed by atoms with Gasteiger partial charge in [-0.15, -0.1) is 0 Å². The number of unbranched alkanes of at least 4 members (excludes halogenated alkanes) is 1. The van der Waals surface area contributed by atoms with Crippen molar-refractivity contribution in [2.45, 2.75) is 50.5 Å². The molecule has 0 radical (unpaired) electrons. The summed E-state index contributed by atoms with van der Waals surface area (Å²) in [6, 6.07) is 8.01. The van der Waals surface area contributed by atoms with Gasteiger partial charge in [-0.05, 0) is 55.5 Å². The van der Waals surface area contributed by atoms with Crippen LogP contribution in [0.25, 0.3) is 0 Å². The van der Waals surface area contributed by atoms with Crippen LogP contribution in [0.4, 0.5) is 5.69 Å². The zero-order valence-corrected chi connectivity index (χ0v) is 21.7. The lowest BCUT2D eigenvalue weighted by Gasteiger charge is -2.29. The summed E-state index contributed by atoms with van der Waals surface area (Å²) < 4.78 is 35.1. The van der Waals surface area contributed by atoms with Gasteiger partial charge in [0.2, 0.25) is 10.0 Å². The van der Waals surface area contributed by atoms with Crippen molar-refractivity contribution in [1.29, 1.82) is 0 Å². The largest absolute Gasteiger partial charge is 0.454 e. The van der Waals surface area contributed by atoms with Crippen molar-refractivity contribution in [2.24, 2.45) is 0 Å². The van der Waals surface area contributed by atoms with E-state index in [9.17, 15) is 18.6 Å². The Balaban J connectivity index is 2.21. The van der Waals surface area contributed by atoms with E-state index in [1.165, 1.54) is 10.4 Å². The summed E-state index contributed by atoms with van der Waals surface area (Å²) in [5, 5.41) is 20.1. The van der Waals surface area contributed by atoms with Gasteiger partial charge in [0, 0.05) is 38.9 Å². The lowest BCUT2D eigenvalue weighted by Crippen LogP contribution is -2.30. The first kappa shape index (κ1) is 27.0. The smallest absolute Gasteiger partial charge is 0.246 e. The molecular formula is C24H32Cl2N2O5S. The highest BCUT2D eigenvalue weighted by atomic mass is 35.5. The molecule has 0 aromatic heterocycles. The average molecular weight is 532 g/mol. The van der Waals surface area contributed by atoms with Gasteiger partial charge in [0.1, 0.15) is 10.6 Å². The van der Waals surface area contributed by atoms with Crippen molar-refractivity contribution in [3.63, 3.8) is 0 Å². The second-order valence-corrected chi connectivity index (χ2v) is 11.0. The summed E-state index contributed by atoms with van der Waals surface area (Å²) in [5.74, 6) is 0.527. The summed E-state index contributed by atoms with van der Waals surface area (Å²) in [6.07, 6.45) is 3.92. The topological polar surface area (TPSA) is 90.3 Å². The molecule has 0 unspecified atom stereocenters. The number of aliphatic hydroxyl groups excluding tert-OH is 2. The summed E-state index contributed by atoms with van der Waals surface area (Å²) >= 11 is 12.3. The van der Waals surface area contributed by atoms with Crippen LogP contribution in [0, 0.1) is 0 Å². The van der Waals surface area contributed by atoms with E-state index in [1.54, 1.807) is 24.3 Å². The monoisotopic (exact) mass is 530 g/mol. The molecule has 1 fully saturated rings. The highest BCUT2D eigenvalue weighted by Gasteiger charge is 2.33. The molecule has 0 spiro atoms. The third-order valence-corrected chi connectivity index (χ3v) is 8.42. The molecule has 1 aliphatic rings. The number of aliphatic hydroxyl groups is 2. The SMILES string of the molecule is CCCCN(CCCO)c1cc(CO)cc(S(=O)(=O)N2CCCC2)c1Oc1ccc(Cl)c(Cl)c1. The average Bonchev–Trinajstić information content (AvgIpc) is 3.38. The Morgan fingerprint density at radius 2 is 1.74 bits per heavy atom. The molecule has 2 aromatic rings. The number of nitrogens with zero attached hydrogens (tertiary/aromatic N) is 2. The number of sulfonamides is 1. The molecule has 0 atom stereocenters. The molecule has 1 saturated heterocycles. The first-order valence-corrected chi connectivity index (χ1v) is 13.8. The van der Waals surface area contributed by atoms with E-state index in [2.05, 4.69) is 6.92 Å². The van der Waals surface area contributed by atoms with Crippen LogP contribution in [-0.2, 0) is 16.6 Å². The second kappa shape index (κ2) is 12.4. The van der Waals surface area contributed by atoms with E-state index in [1.807, 2.05) is 4.90 Å². The minimum absolute atomic E-state index is 0.00420. The third-order valence-electron chi connectivity index (χ3n) is 5.78. The van der Waals surface area contributed by atoms with E-state index in [-0.39, 0.29) is 23.9 Å². The molecule has 34 heavy (non-hydrogen) atoms. The summed E-state index contributed by atoms with van der Waals surface area (Å²) in [5.41, 5.74) is 1.03. The van der Waals surface area contributed by atoms with E-state index in [4.69, 9.17) is 27.9 Å². The van der Waals surface area contributed by atoms with Crippen LogP contribution in [-0.4, -0.2) is 55.7 Å². The van der Waals surface area contributed by atoms with Crippen molar-refractivity contribution >= 4 is 38.9 Å². The van der Waals surface area contributed by atoms with Gasteiger partial charge in [0.15, 0.2) is 5.75 Å². The fourth-order valence-corrected chi connectivity index (χ4v) is 5.94.